The normalized spacial score (nSPS) is 9.36. The molecule has 0 fully saturated rings. The van der Waals surface area contributed by atoms with Crippen LogP contribution in [0.2, 0.25) is 0 Å². The summed E-state index contributed by atoms with van der Waals surface area (Å²) in [5.41, 5.74) is 0. The third-order valence-electron chi connectivity index (χ3n) is 0.821. The summed E-state index contributed by atoms with van der Waals surface area (Å²) in [7, 11) is 0. The molecule has 0 aromatic carbocycles. The highest BCUT2D eigenvalue weighted by Gasteiger charge is 2.15. The lowest BCUT2D eigenvalue weighted by atomic mass is 10.3. The van der Waals surface area contributed by atoms with Crippen molar-refractivity contribution in [1.29, 1.82) is 0 Å². The number of esters is 1. The maximum Gasteiger partial charge on any atom is 0.318 e. The molecule has 0 aliphatic rings. The number of aliphatic hydroxyl groups is 2. The van der Waals surface area contributed by atoms with E-state index >= 15 is 0 Å². The molecule has 5 nitrogen and oxygen atoms in total. The maximum absolute atomic E-state index is 10.4. The van der Waals surface area contributed by atoms with Crippen LogP contribution in [-0.2, 0) is 14.3 Å². The van der Waals surface area contributed by atoms with Crippen molar-refractivity contribution in [1.82, 2.24) is 0 Å². The average molecular weight is 160 g/mol. The molecule has 0 aromatic heterocycles. The quantitative estimate of drug-likeness (QED) is 0.237. The van der Waals surface area contributed by atoms with E-state index in [0.29, 0.717) is 0 Å². The monoisotopic (exact) mass is 160 g/mol. The second-order valence-corrected chi connectivity index (χ2v) is 1.67. The van der Waals surface area contributed by atoms with Gasteiger partial charge in [0.1, 0.15) is 6.42 Å². The molecule has 0 unspecified atom stereocenters. The van der Waals surface area contributed by atoms with Crippen molar-refractivity contribution in [2.45, 2.75) is 12.7 Å². The molecule has 5 heteroatoms. The highest BCUT2D eigenvalue weighted by molar-refractivity contribution is 5.97. The van der Waals surface area contributed by atoms with Crippen LogP contribution < -0.4 is 0 Å². The number of carbonyl (C=O) groups excluding carboxylic acids is 2. The van der Waals surface area contributed by atoms with Crippen LogP contribution in [0.4, 0.5) is 0 Å². The Balaban J connectivity index is 3.75. The first kappa shape index (κ1) is 9.80. The summed E-state index contributed by atoms with van der Waals surface area (Å²) in [6.45, 7) is 3.07. The van der Waals surface area contributed by atoms with Crippen LogP contribution in [0.15, 0.2) is 12.8 Å². The number of aliphatic hydroxyl groups excluding tert-OH is 1. The van der Waals surface area contributed by atoms with Gasteiger partial charge in [-0.05, 0) is 0 Å². The summed E-state index contributed by atoms with van der Waals surface area (Å²) in [6, 6.07) is 0. The van der Waals surface area contributed by atoms with Gasteiger partial charge < -0.3 is 14.9 Å². The molecular formula is C6H8O5. The van der Waals surface area contributed by atoms with E-state index < -0.39 is 24.5 Å². The number of rotatable bonds is 4. The van der Waals surface area contributed by atoms with Gasteiger partial charge in [0.05, 0.1) is 6.26 Å². The van der Waals surface area contributed by atoms with E-state index in [1.54, 1.807) is 0 Å². The summed E-state index contributed by atoms with van der Waals surface area (Å²) >= 11 is 0. The van der Waals surface area contributed by atoms with Gasteiger partial charge in [0.25, 0.3) is 0 Å². The average Bonchev–Trinajstić information content (AvgIpc) is 1.87. The zero-order valence-electron chi connectivity index (χ0n) is 5.69. The zero-order valence-corrected chi connectivity index (χ0v) is 5.69. The molecule has 0 bridgehead atoms. The van der Waals surface area contributed by atoms with Crippen LogP contribution in [-0.4, -0.2) is 28.3 Å². The first-order valence-corrected chi connectivity index (χ1v) is 2.77. The molecule has 2 N–H and O–H groups in total. The first-order chi connectivity index (χ1) is 5.07. The fourth-order valence-corrected chi connectivity index (χ4v) is 0.368. The summed E-state index contributed by atoms with van der Waals surface area (Å²) < 4.78 is 4.14. The Kier molecular flexibility index (Phi) is 4.09. The van der Waals surface area contributed by atoms with E-state index in [4.69, 9.17) is 10.2 Å². The molecule has 0 atom stereocenters. The fraction of sp³-hybridized carbons (Fsp3) is 0.333. The van der Waals surface area contributed by atoms with Crippen molar-refractivity contribution in [3.05, 3.63) is 12.8 Å². The Morgan fingerprint density at radius 1 is 1.55 bits per heavy atom. The molecule has 0 spiro atoms. The smallest absolute Gasteiger partial charge is 0.318 e. The molecule has 0 amide bonds. The first-order valence-electron chi connectivity index (χ1n) is 2.77. The predicted molar refractivity (Wildman–Crippen MR) is 34.1 cm³/mol. The molecule has 0 saturated heterocycles. The lowest BCUT2D eigenvalue weighted by Crippen LogP contribution is -2.22. The largest absolute Gasteiger partial charge is 0.435 e. The minimum atomic E-state index is -2.12. The lowest BCUT2D eigenvalue weighted by Gasteiger charge is -1.99. The van der Waals surface area contributed by atoms with Crippen molar-refractivity contribution < 1.29 is 24.5 Å². The van der Waals surface area contributed by atoms with Gasteiger partial charge in [0.2, 0.25) is 6.29 Å². The van der Waals surface area contributed by atoms with Gasteiger partial charge >= 0.3 is 5.97 Å². The van der Waals surface area contributed by atoms with Crippen LogP contribution in [0.25, 0.3) is 0 Å². The Bertz CT molecular complexity index is 172. The van der Waals surface area contributed by atoms with Crippen molar-refractivity contribution in [2.24, 2.45) is 0 Å². The summed E-state index contributed by atoms with van der Waals surface area (Å²) in [5.74, 6) is -1.87. The van der Waals surface area contributed by atoms with Gasteiger partial charge in [0.15, 0.2) is 5.78 Å². The predicted octanol–water partition coefficient (Wildman–Crippen LogP) is -1.06. The van der Waals surface area contributed by atoms with Crippen LogP contribution in [0, 0.1) is 0 Å². The molecule has 0 radical (unpaired) electrons. The third kappa shape index (κ3) is 4.24. The van der Waals surface area contributed by atoms with Crippen LogP contribution in [0.1, 0.15) is 6.42 Å². The second-order valence-electron chi connectivity index (χ2n) is 1.67. The minimum Gasteiger partial charge on any atom is -0.435 e. The van der Waals surface area contributed by atoms with Gasteiger partial charge in [-0.2, -0.15) is 0 Å². The van der Waals surface area contributed by atoms with Crippen LogP contribution in [0.3, 0.4) is 0 Å². The Labute approximate surface area is 62.9 Å². The van der Waals surface area contributed by atoms with Gasteiger partial charge in [-0.3, -0.25) is 9.59 Å². The van der Waals surface area contributed by atoms with Crippen molar-refractivity contribution >= 4 is 11.8 Å². The standard InChI is InChI=1S/C6H8O5/c1-2-11-5(8)3-4(7)6(9)10/h2,6,9-10H,1,3H2. The van der Waals surface area contributed by atoms with Crippen LogP contribution >= 0.6 is 0 Å². The lowest BCUT2D eigenvalue weighted by molar-refractivity contribution is -0.152. The number of carbonyl (C=O) groups is 2. The van der Waals surface area contributed by atoms with E-state index in [2.05, 4.69) is 11.3 Å². The maximum atomic E-state index is 10.4. The molecule has 0 saturated carbocycles. The second kappa shape index (κ2) is 4.59. The Morgan fingerprint density at radius 2 is 2.09 bits per heavy atom. The Hall–Kier alpha value is -1.20. The highest BCUT2D eigenvalue weighted by atomic mass is 16.5. The minimum absolute atomic E-state index is 0.663. The van der Waals surface area contributed by atoms with Crippen molar-refractivity contribution in [3.8, 4) is 0 Å². The molecule has 0 aromatic rings. The molecule has 0 aliphatic carbocycles. The molecule has 0 aliphatic heterocycles. The van der Waals surface area contributed by atoms with Gasteiger partial charge in [-0.1, -0.05) is 6.58 Å². The molecular weight excluding hydrogens is 152 g/mol. The van der Waals surface area contributed by atoms with E-state index in [1.807, 2.05) is 0 Å². The fourth-order valence-electron chi connectivity index (χ4n) is 0.368. The van der Waals surface area contributed by atoms with Gasteiger partial charge in [-0.25, -0.2) is 0 Å². The van der Waals surface area contributed by atoms with E-state index in [9.17, 15) is 9.59 Å². The molecule has 0 heterocycles. The number of hydrogen-bond donors (Lipinski definition) is 2. The van der Waals surface area contributed by atoms with Crippen molar-refractivity contribution in [2.75, 3.05) is 0 Å². The molecule has 62 valence electrons. The number of Topliss-reactive ketones (excluding diaryl/α,β-unsaturated/α-hetero) is 1. The summed E-state index contributed by atoms with van der Waals surface area (Å²) in [4.78, 5) is 20.8. The number of ether oxygens (including phenoxy) is 1. The topological polar surface area (TPSA) is 83.8 Å². The van der Waals surface area contributed by atoms with Gasteiger partial charge in [-0.15, -0.1) is 0 Å². The van der Waals surface area contributed by atoms with E-state index in [1.165, 1.54) is 0 Å². The molecule has 0 rings (SSSR count). The zero-order chi connectivity index (χ0) is 8.85. The van der Waals surface area contributed by atoms with E-state index in [0.717, 1.165) is 6.26 Å². The van der Waals surface area contributed by atoms with E-state index in [-0.39, 0.29) is 0 Å². The number of hydrogen-bond acceptors (Lipinski definition) is 5. The summed E-state index contributed by atoms with van der Waals surface area (Å²) in [5, 5.41) is 16.4. The molecule has 11 heavy (non-hydrogen) atoms. The highest BCUT2D eigenvalue weighted by Crippen LogP contribution is 1.91. The van der Waals surface area contributed by atoms with Crippen LogP contribution in [0.5, 0.6) is 0 Å². The number of ketones is 1. The third-order valence-corrected chi connectivity index (χ3v) is 0.821. The Morgan fingerprint density at radius 3 is 2.45 bits per heavy atom. The SMILES string of the molecule is C=COC(=O)CC(=O)C(O)O. The summed E-state index contributed by atoms with van der Waals surface area (Å²) in [6.07, 6.45) is -1.92. The van der Waals surface area contributed by atoms with Crippen molar-refractivity contribution in [3.63, 3.8) is 0 Å². The van der Waals surface area contributed by atoms with Gasteiger partial charge in [0, 0.05) is 0 Å².